The number of anilines is 1. The minimum Gasteiger partial charge on any atom is -0.465 e. The Morgan fingerprint density at radius 2 is 1.71 bits per heavy atom. The van der Waals surface area contributed by atoms with Gasteiger partial charge in [-0.25, -0.2) is 4.79 Å². The molecule has 1 aliphatic heterocycles. The maximum Gasteiger partial charge on any atom is 0.340 e. The predicted molar refractivity (Wildman–Crippen MR) is 117 cm³/mol. The lowest BCUT2D eigenvalue weighted by Gasteiger charge is -2.20. The highest BCUT2D eigenvalue weighted by Gasteiger charge is 2.38. The highest BCUT2D eigenvalue weighted by molar-refractivity contribution is 6.25. The van der Waals surface area contributed by atoms with Gasteiger partial charge in [0.25, 0.3) is 11.6 Å². The number of allylic oxidation sites excluding steroid dienone is 1. The summed E-state index contributed by atoms with van der Waals surface area (Å²) < 4.78 is 4.94. The van der Waals surface area contributed by atoms with E-state index in [2.05, 4.69) is 0 Å². The Hall–Kier alpha value is -4.26. The van der Waals surface area contributed by atoms with Gasteiger partial charge >= 0.3 is 5.97 Å². The summed E-state index contributed by atoms with van der Waals surface area (Å²) in [6, 6.07) is 19.1. The molecule has 0 saturated carbocycles. The van der Waals surface area contributed by atoms with Crippen LogP contribution in [-0.4, -0.2) is 23.9 Å². The van der Waals surface area contributed by atoms with Crippen molar-refractivity contribution in [1.29, 1.82) is 0 Å². The maximum atomic E-state index is 13.5. The van der Waals surface area contributed by atoms with Crippen LogP contribution in [0.4, 0.5) is 11.4 Å². The second-order valence-electron chi connectivity index (χ2n) is 7.00. The van der Waals surface area contributed by atoms with Crippen LogP contribution in [0.1, 0.15) is 12.5 Å². The molecule has 31 heavy (non-hydrogen) atoms. The molecule has 0 atom stereocenters. The first-order chi connectivity index (χ1) is 14.9. The van der Waals surface area contributed by atoms with E-state index in [1.165, 1.54) is 36.3 Å². The smallest absolute Gasteiger partial charge is 0.340 e. The molecule has 1 heterocycles. The molecule has 3 aromatic carbocycles. The number of benzene rings is 3. The summed E-state index contributed by atoms with van der Waals surface area (Å²) >= 11 is 0. The summed E-state index contributed by atoms with van der Waals surface area (Å²) in [5.41, 5.74) is 1.96. The second kappa shape index (κ2) is 7.87. The summed E-state index contributed by atoms with van der Waals surface area (Å²) in [6.45, 7) is 1.70. The van der Waals surface area contributed by atoms with Crippen molar-refractivity contribution < 1.29 is 19.2 Å². The Morgan fingerprint density at radius 3 is 2.39 bits per heavy atom. The Labute approximate surface area is 178 Å². The Morgan fingerprint density at radius 1 is 1.03 bits per heavy atom. The van der Waals surface area contributed by atoms with Crippen molar-refractivity contribution in [3.8, 4) is 0 Å². The number of methoxy groups -OCH3 is 1. The maximum absolute atomic E-state index is 13.5. The van der Waals surface area contributed by atoms with Crippen molar-refractivity contribution >= 4 is 40.1 Å². The summed E-state index contributed by atoms with van der Waals surface area (Å²) in [5, 5.41) is 12.7. The van der Waals surface area contributed by atoms with E-state index in [0.29, 0.717) is 16.9 Å². The molecule has 0 radical (unpaired) electrons. The molecule has 0 bridgehead atoms. The number of nitrogens with zero attached hydrogens (tertiary/aromatic N) is 2. The molecule has 4 rings (SSSR count). The number of rotatable bonds is 4. The van der Waals surface area contributed by atoms with Crippen LogP contribution < -0.4 is 4.90 Å². The zero-order valence-electron chi connectivity index (χ0n) is 16.9. The van der Waals surface area contributed by atoms with Crippen molar-refractivity contribution in [3.63, 3.8) is 0 Å². The van der Waals surface area contributed by atoms with Crippen LogP contribution in [0.15, 0.2) is 83.6 Å². The molecule has 7 nitrogen and oxygen atoms in total. The lowest BCUT2D eigenvalue weighted by Crippen LogP contribution is -2.24. The van der Waals surface area contributed by atoms with Crippen molar-refractivity contribution in [2.24, 2.45) is 0 Å². The second-order valence-corrected chi connectivity index (χ2v) is 7.00. The topological polar surface area (TPSA) is 89.8 Å². The number of ether oxygens (including phenoxy) is 1. The van der Waals surface area contributed by atoms with E-state index < -0.39 is 10.9 Å². The molecule has 7 heteroatoms. The molecule has 3 aromatic rings. The normalized spacial score (nSPS) is 15.1. The molecule has 0 saturated heterocycles. The first kappa shape index (κ1) is 20.0. The van der Waals surface area contributed by atoms with Crippen molar-refractivity contribution in [3.05, 3.63) is 99.3 Å². The van der Waals surface area contributed by atoms with Gasteiger partial charge in [0.05, 0.1) is 28.9 Å². The first-order valence-electron chi connectivity index (χ1n) is 9.50. The van der Waals surface area contributed by atoms with Gasteiger partial charge in [0.2, 0.25) is 0 Å². The highest BCUT2D eigenvalue weighted by Crippen LogP contribution is 2.38. The van der Waals surface area contributed by atoms with Gasteiger partial charge in [0.15, 0.2) is 0 Å². The molecule has 0 aliphatic carbocycles. The number of hydrogen-bond donors (Lipinski definition) is 0. The summed E-state index contributed by atoms with van der Waals surface area (Å²) in [5.74, 6) is -0.991. The molecular weight excluding hydrogens is 396 g/mol. The minimum absolute atomic E-state index is 0.0582. The van der Waals surface area contributed by atoms with E-state index >= 15 is 0 Å². The van der Waals surface area contributed by atoms with Gasteiger partial charge in [-0.15, -0.1) is 0 Å². The van der Waals surface area contributed by atoms with Crippen LogP contribution in [0.25, 0.3) is 16.8 Å². The molecular formula is C24H18N2O5. The van der Waals surface area contributed by atoms with Crippen LogP contribution in [0, 0.1) is 10.1 Å². The van der Waals surface area contributed by atoms with E-state index in [-0.39, 0.29) is 22.7 Å². The SMILES string of the molecule is COC(=O)C1=C(C)N(c2cccc3ccccc23)C(=O)/C1=C\c1ccc([N+](=O)[O-])cc1. The number of esters is 1. The van der Waals surface area contributed by atoms with Crippen LogP contribution in [0.2, 0.25) is 0 Å². The molecule has 1 amide bonds. The van der Waals surface area contributed by atoms with Crippen LogP contribution in [0.3, 0.4) is 0 Å². The number of carbonyl (C=O) groups is 2. The fourth-order valence-electron chi connectivity index (χ4n) is 3.73. The quantitative estimate of drug-likeness (QED) is 0.269. The number of amides is 1. The summed E-state index contributed by atoms with van der Waals surface area (Å²) in [6.07, 6.45) is 1.55. The predicted octanol–water partition coefficient (Wildman–Crippen LogP) is 4.63. The fraction of sp³-hybridized carbons (Fsp3) is 0.0833. The van der Waals surface area contributed by atoms with E-state index in [9.17, 15) is 19.7 Å². The molecule has 1 aliphatic rings. The lowest BCUT2D eigenvalue weighted by molar-refractivity contribution is -0.384. The third-order valence-electron chi connectivity index (χ3n) is 5.21. The van der Waals surface area contributed by atoms with Crippen LogP contribution in [-0.2, 0) is 14.3 Å². The zero-order valence-corrected chi connectivity index (χ0v) is 16.9. The van der Waals surface area contributed by atoms with Crippen LogP contribution >= 0.6 is 0 Å². The molecule has 0 spiro atoms. The van der Waals surface area contributed by atoms with Gasteiger partial charge in [-0.3, -0.25) is 19.8 Å². The number of nitro benzene ring substituents is 1. The van der Waals surface area contributed by atoms with Gasteiger partial charge in [-0.05, 0) is 42.1 Å². The standard InChI is InChI=1S/C24H18N2O5/c1-15-22(24(28)31-2)20(14-16-10-12-18(13-11-16)26(29)30)23(27)25(15)21-9-5-7-17-6-3-4-8-19(17)21/h3-14H,1-2H3/b20-14-. The Kier molecular flexibility index (Phi) is 5.09. The van der Waals surface area contributed by atoms with Gasteiger partial charge in [0, 0.05) is 23.2 Å². The monoisotopic (exact) mass is 414 g/mol. The lowest BCUT2D eigenvalue weighted by atomic mass is 10.0. The van der Waals surface area contributed by atoms with E-state index in [0.717, 1.165) is 10.8 Å². The molecule has 0 fully saturated rings. The van der Waals surface area contributed by atoms with E-state index in [1.54, 1.807) is 13.0 Å². The molecule has 0 unspecified atom stereocenters. The summed E-state index contributed by atoms with van der Waals surface area (Å²) in [4.78, 5) is 37.9. The average Bonchev–Trinajstić information content (AvgIpc) is 3.02. The third kappa shape index (κ3) is 3.46. The van der Waals surface area contributed by atoms with Gasteiger partial charge in [-0.2, -0.15) is 0 Å². The number of fused-ring (bicyclic) bond motifs is 1. The van der Waals surface area contributed by atoms with Crippen molar-refractivity contribution in [2.75, 3.05) is 12.0 Å². The van der Waals surface area contributed by atoms with Gasteiger partial charge in [-0.1, -0.05) is 36.4 Å². The Balaban J connectivity index is 1.86. The third-order valence-corrected chi connectivity index (χ3v) is 5.21. The number of non-ortho nitro benzene ring substituents is 1. The van der Waals surface area contributed by atoms with Crippen molar-refractivity contribution in [1.82, 2.24) is 0 Å². The van der Waals surface area contributed by atoms with Crippen molar-refractivity contribution in [2.45, 2.75) is 6.92 Å². The largest absolute Gasteiger partial charge is 0.465 e. The number of hydrogen-bond acceptors (Lipinski definition) is 5. The molecule has 154 valence electrons. The van der Waals surface area contributed by atoms with Gasteiger partial charge in [0.1, 0.15) is 0 Å². The average molecular weight is 414 g/mol. The fourth-order valence-corrected chi connectivity index (χ4v) is 3.73. The van der Waals surface area contributed by atoms with Gasteiger partial charge < -0.3 is 4.74 Å². The number of carbonyl (C=O) groups excluding carboxylic acids is 2. The molecule has 0 aromatic heterocycles. The minimum atomic E-state index is -0.623. The van der Waals surface area contributed by atoms with E-state index in [4.69, 9.17) is 4.74 Å². The Bertz CT molecular complexity index is 1280. The van der Waals surface area contributed by atoms with E-state index in [1.807, 2.05) is 42.5 Å². The summed E-state index contributed by atoms with van der Waals surface area (Å²) in [7, 11) is 1.26. The molecule has 0 N–H and O–H groups in total. The highest BCUT2D eigenvalue weighted by atomic mass is 16.6. The number of nitro groups is 1. The van der Waals surface area contributed by atoms with Crippen LogP contribution in [0.5, 0.6) is 0 Å². The zero-order chi connectivity index (χ0) is 22.1. The first-order valence-corrected chi connectivity index (χ1v) is 9.50.